The van der Waals surface area contributed by atoms with Gasteiger partial charge in [-0.15, -0.1) is 0 Å². The van der Waals surface area contributed by atoms with Crippen molar-refractivity contribution in [1.29, 1.82) is 0 Å². The van der Waals surface area contributed by atoms with Crippen molar-refractivity contribution in [2.75, 3.05) is 0 Å². The Morgan fingerprint density at radius 2 is 0.680 bits per heavy atom. The molecule has 1 fully saturated rings. The monoisotopic (exact) mass is 962 g/mol. The van der Waals surface area contributed by atoms with Crippen molar-refractivity contribution in [2.45, 2.75) is 58.8 Å². The fraction of sp³-hybridized carbons (Fsp3) is 0.123. The summed E-state index contributed by atoms with van der Waals surface area (Å²) in [6.07, 6.45) is 14.1. The van der Waals surface area contributed by atoms with Crippen LogP contribution < -0.4 is 0 Å². The van der Waals surface area contributed by atoms with Gasteiger partial charge in [-0.2, -0.15) is 0 Å². The van der Waals surface area contributed by atoms with Gasteiger partial charge in [0.05, 0.1) is 22.1 Å². The maximum Gasteiger partial charge on any atom is 0.0541 e. The minimum absolute atomic E-state index is 0.0699. The molecule has 360 valence electrons. The number of aryl methyl sites for hydroxylation is 4. The Balaban J connectivity index is 0.697. The van der Waals surface area contributed by atoms with Crippen molar-refractivity contribution in [3.05, 3.63) is 262 Å². The van der Waals surface area contributed by atoms with E-state index in [-0.39, 0.29) is 5.41 Å². The highest BCUT2D eigenvalue weighted by atomic mass is 15.0. The van der Waals surface area contributed by atoms with Gasteiger partial charge in [0.2, 0.25) is 0 Å². The lowest BCUT2D eigenvalue weighted by Crippen LogP contribution is -2.20. The van der Waals surface area contributed by atoms with E-state index in [1.165, 1.54) is 170 Å². The normalized spacial score (nSPS) is 13.9. The summed E-state index contributed by atoms with van der Waals surface area (Å²) >= 11 is 0. The van der Waals surface area contributed by atoms with Gasteiger partial charge in [-0.3, -0.25) is 0 Å². The summed E-state index contributed by atoms with van der Waals surface area (Å²) in [6.45, 7) is 8.73. The fourth-order valence-corrected chi connectivity index (χ4v) is 13.2. The van der Waals surface area contributed by atoms with E-state index in [0.717, 1.165) is 0 Å². The number of fused-ring (bicyclic) bond motifs is 11. The van der Waals surface area contributed by atoms with Crippen LogP contribution in [0.15, 0.2) is 206 Å². The molecular weight excluding hydrogens is 905 g/mol. The van der Waals surface area contributed by atoms with Crippen LogP contribution in [-0.4, -0.2) is 9.13 Å². The van der Waals surface area contributed by atoms with Gasteiger partial charge in [0.1, 0.15) is 0 Å². The number of para-hydroxylation sites is 2. The molecule has 0 bridgehead atoms. The number of nitrogens with zero attached hydrogens (tertiary/aromatic N) is 2. The molecular formula is C73H58N2. The van der Waals surface area contributed by atoms with Crippen LogP contribution in [0.25, 0.3) is 113 Å². The zero-order chi connectivity index (χ0) is 50.4. The van der Waals surface area contributed by atoms with Gasteiger partial charge in [-0.25, -0.2) is 0 Å². The number of hydrogen-bond donors (Lipinski definition) is 0. The van der Waals surface area contributed by atoms with Crippen LogP contribution in [0.3, 0.4) is 0 Å². The lowest BCUT2D eigenvalue weighted by molar-refractivity contribution is 0.550. The van der Waals surface area contributed by atoms with E-state index in [1.54, 1.807) is 0 Å². The minimum Gasteiger partial charge on any atom is -0.309 e. The number of rotatable bonds is 8. The lowest BCUT2D eigenvalue weighted by Gasteiger charge is -2.27. The summed E-state index contributed by atoms with van der Waals surface area (Å²) in [7, 11) is 0. The van der Waals surface area contributed by atoms with E-state index in [4.69, 9.17) is 0 Å². The Morgan fingerprint density at radius 1 is 0.320 bits per heavy atom. The molecule has 10 aromatic carbocycles. The van der Waals surface area contributed by atoms with Gasteiger partial charge in [0.15, 0.2) is 0 Å². The van der Waals surface area contributed by atoms with Crippen molar-refractivity contribution >= 4 is 67.9 Å². The van der Waals surface area contributed by atoms with Crippen molar-refractivity contribution < 1.29 is 0 Å². The minimum atomic E-state index is 0.0699. The molecule has 2 heterocycles. The molecule has 2 heteroatoms. The maximum absolute atomic E-state index is 2.49. The standard InChI is InChI=1S/C73H58N2/c1-47-37-48(2)40-59(39-47)74-69-13-7-5-11-63(69)65-45-57(29-33-71(65)74)55-25-19-51(20-26-55)15-17-53-23-31-61-62-32-24-54(44-68(62)73(67(61)43-53)35-9-10-36-73)18-16-52-21-27-56(28-22-52)58-30-34-72-66(46-58)64-12-6-8-14-70(64)75(72)60-41-49(3)38-50(4)42-60/h5-8,11-34,37-46H,9-10,35-36H2,1-4H3/b17-15+,18-16+. The Morgan fingerprint density at radius 3 is 1.11 bits per heavy atom. The van der Waals surface area contributed by atoms with E-state index >= 15 is 0 Å². The van der Waals surface area contributed by atoms with E-state index in [1.807, 2.05) is 0 Å². The summed E-state index contributed by atoms with van der Waals surface area (Å²) in [6, 6.07) is 77.6. The zero-order valence-electron chi connectivity index (χ0n) is 43.2. The van der Waals surface area contributed by atoms with Gasteiger partial charge < -0.3 is 9.13 Å². The molecule has 0 unspecified atom stereocenters. The van der Waals surface area contributed by atoms with E-state index in [0.29, 0.717) is 0 Å². The highest BCUT2D eigenvalue weighted by Gasteiger charge is 2.45. The molecule has 12 aromatic rings. The highest BCUT2D eigenvalue weighted by molar-refractivity contribution is 6.11. The molecule has 2 aliphatic rings. The zero-order valence-corrected chi connectivity index (χ0v) is 43.2. The summed E-state index contributed by atoms with van der Waals surface area (Å²) in [5.41, 5.74) is 28.2. The molecule has 0 amide bonds. The van der Waals surface area contributed by atoms with Crippen molar-refractivity contribution in [1.82, 2.24) is 9.13 Å². The highest BCUT2D eigenvalue weighted by Crippen LogP contribution is 2.57. The second kappa shape index (κ2) is 17.7. The predicted molar refractivity (Wildman–Crippen MR) is 320 cm³/mol. The van der Waals surface area contributed by atoms with Crippen molar-refractivity contribution in [2.24, 2.45) is 0 Å². The lowest BCUT2D eigenvalue weighted by atomic mass is 9.76. The molecule has 2 aliphatic carbocycles. The maximum atomic E-state index is 2.49. The van der Waals surface area contributed by atoms with Crippen LogP contribution in [0.2, 0.25) is 0 Å². The van der Waals surface area contributed by atoms with Crippen LogP contribution in [0.5, 0.6) is 0 Å². The largest absolute Gasteiger partial charge is 0.309 e. The van der Waals surface area contributed by atoms with Gasteiger partial charge in [-0.1, -0.05) is 183 Å². The molecule has 75 heavy (non-hydrogen) atoms. The molecule has 0 aliphatic heterocycles. The first-order valence-corrected chi connectivity index (χ1v) is 26.8. The Labute approximate surface area is 440 Å². The third-order valence-corrected chi connectivity index (χ3v) is 16.6. The molecule has 0 N–H and O–H groups in total. The first kappa shape index (κ1) is 44.9. The molecule has 0 radical (unpaired) electrons. The number of benzene rings is 10. The van der Waals surface area contributed by atoms with Crippen molar-refractivity contribution in [3.63, 3.8) is 0 Å². The van der Waals surface area contributed by atoms with Gasteiger partial charge >= 0.3 is 0 Å². The topological polar surface area (TPSA) is 9.86 Å². The summed E-state index contributed by atoms with van der Waals surface area (Å²) in [4.78, 5) is 0. The second-order valence-electron chi connectivity index (χ2n) is 21.7. The summed E-state index contributed by atoms with van der Waals surface area (Å²) in [5, 5.41) is 5.11. The first-order valence-electron chi connectivity index (χ1n) is 26.8. The Kier molecular flexibility index (Phi) is 10.6. The van der Waals surface area contributed by atoms with Crippen LogP contribution >= 0.6 is 0 Å². The summed E-state index contributed by atoms with van der Waals surface area (Å²) in [5.74, 6) is 0. The molecule has 2 nitrogen and oxygen atoms in total. The smallest absolute Gasteiger partial charge is 0.0541 e. The quantitative estimate of drug-likeness (QED) is 0.134. The third-order valence-electron chi connectivity index (χ3n) is 16.6. The number of aromatic nitrogens is 2. The van der Waals surface area contributed by atoms with E-state index < -0.39 is 0 Å². The molecule has 1 saturated carbocycles. The predicted octanol–water partition coefficient (Wildman–Crippen LogP) is 19.6. The van der Waals surface area contributed by atoms with Gasteiger partial charge in [-0.05, 0) is 190 Å². The molecule has 14 rings (SSSR count). The average Bonchev–Trinajstić information content (AvgIpc) is 4.23. The SMILES string of the molecule is Cc1cc(C)cc(-n2c3ccccc3c3cc(-c4ccc(/C=C/c5ccc6c(c5)C5(CCCC5)c5cc(/C=C/c7ccc(-c8ccc9c(c8)c8ccccc8n9-c8cc(C)cc(C)c8)cc7)ccc5-6)cc4)ccc32)c1. The molecule has 2 aromatic heterocycles. The Hall–Kier alpha value is -8.72. The van der Waals surface area contributed by atoms with Crippen LogP contribution in [0.4, 0.5) is 0 Å². The van der Waals surface area contributed by atoms with Crippen molar-refractivity contribution in [3.8, 4) is 44.8 Å². The van der Waals surface area contributed by atoms with Crippen LogP contribution in [0.1, 0.15) is 81.3 Å². The fourth-order valence-electron chi connectivity index (χ4n) is 13.2. The molecule has 0 saturated heterocycles. The number of hydrogen-bond acceptors (Lipinski definition) is 0. The van der Waals surface area contributed by atoms with Crippen LogP contribution in [0, 0.1) is 27.7 Å². The van der Waals surface area contributed by atoms with Gasteiger partial charge in [0, 0.05) is 38.3 Å². The summed E-state index contributed by atoms with van der Waals surface area (Å²) < 4.78 is 4.83. The van der Waals surface area contributed by atoms with Crippen LogP contribution in [-0.2, 0) is 5.41 Å². The van der Waals surface area contributed by atoms with Gasteiger partial charge in [0.25, 0.3) is 0 Å². The first-order chi connectivity index (χ1) is 36.7. The molecule has 1 spiro atoms. The molecule has 0 atom stereocenters. The second-order valence-corrected chi connectivity index (χ2v) is 21.7. The van der Waals surface area contributed by atoms with E-state index in [2.05, 4.69) is 267 Å². The third kappa shape index (κ3) is 7.70. The Bertz CT molecular complexity index is 4000. The average molecular weight is 963 g/mol. The van der Waals surface area contributed by atoms with E-state index in [9.17, 15) is 0 Å².